The molecule has 22 heavy (non-hydrogen) atoms. The lowest BCUT2D eigenvalue weighted by molar-refractivity contribution is -0.108. The predicted octanol–water partition coefficient (Wildman–Crippen LogP) is -0.515. The van der Waals surface area contributed by atoms with Crippen LogP contribution in [0, 0.1) is 0 Å². The number of nitrogens with two attached hydrogens (primary N) is 1. The number of hydrogen-bond acceptors (Lipinski definition) is 6. The first-order valence-electron chi connectivity index (χ1n) is 6.85. The molecule has 0 aromatic rings. The molecular weight excluding hydrogens is 311 g/mol. The van der Waals surface area contributed by atoms with Crippen LogP contribution in [0.2, 0.25) is 0 Å². The zero-order chi connectivity index (χ0) is 16.5. The number of carbonyl (C=O) groups is 1. The molecule has 0 spiro atoms. The van der Waals surface area contributed by atoms with Gasteiger partial charge in [-0.1, -0.05) is 0 Å². The molecule has 1 fully saturated rings. The van der Waals surface area contributed by atoms with Gasteiger partial charge in [0.1, 0.15) is 0 Å². The molecule has 126 valence electrons. The molecule has 0 bridgehead atoms. The molecule has 0 radical (unpaired) electrons. The highest BCUT2D eigenvalue weighted by Crippen LogP contribution is 2.20. The normalized spacial score (nSPS) is 25.6. The van der Waals surface area contributed by atoms with Crippen molar-refractivity contribution in [1.29, 1.82) is 0 Å². The number of nitrogens with one attached hydrogen (secondary N) is 2. The Morgan fingerprint density at radius 1 is 1.68 bits per heavy atom. The van der Waals surface area contributed by atoms with Gasteiger partial charge < -0.3 is 25.2 Å². The first-order valence-corrected chi connectivity index (χ1v) is 8.12. The van der Waals surface area contributed by atoms with E-state index < -0.39 is 8.25 Å². The van der Waals surface area contributed by atoms with E-state index in [1.165, 1.54) is 0 Å². The average Bonchev–Trinajstić information content (AvgIpc) is 2.90. The SMILES string of the molecule is C/C(=C/N[C@@H]1CO[C@H](CO[PH](=O)O)C1)[C@@H](C)/N=C(/N)NC=O. The van der Waals surface area contributed by atoms with Gasteiger partial charge in [0.15, 0.2) is 5.96 Å². The Hall–Kier alpha value is -1.41. The Labute approximate surface area is 129 Å². The summed E-state index contributed by atoms with van der Waals surface area (Å²) < 4.78 is 20.6. The van der Waals surface area contributed by atoms with Gasteiger partial charge in [-0.15, -0.1) is 0 Å². The van der Waals surface area contributed by atoms with Gasteiger partial charge >= 0.3 is 8.25 Å². The number of rotatable bonds is 8. The molecule has 0 aliphatic carbocycles. The van der Waals surface area contributed by atoms with Crippen molar-refractivity contribution in [3.8, 4) is 0 Å². The molecule has 0 aromatic carbocycles. The molecule has 1 aliphatic rings. The summed E-state index contributed by atoms with van der Waals surface area (Å²) in [5.41, 5.74) is 6.44. The Morgan fingerprint density at radius 3 is 3.05 bits per heavy atom. The van der Waals surface area contributed by atoms with Crippen LogP contribution >= 0.6 is 8.25 Å². The van der Waals surface area contributed by atoms with Gasteiger partial charge in [0.2, 0.25) is 6.41 Å². The van der Waals surface area contributed by atoms with Crippen molar-refractivity contribution < 1.29 is 23.5 Å². The Bertz CT molecular complexity index is 457. The summed E-state index contributed by atoms with van der Waals surface area (Å²) in [7, 11) is -2.91. The number of ether oxygens (including phenoxy) is 1. The van der Waals surface area contributed by atoms with Crippen molar-refractivity contribution in [2.45, 2.75) is 38.5 Å². The minimum Gasteiger partial charge on any atom is -0.386 e. The van der Waals surface area contributed by atoms with Crippen molar-refractivity contribution in [2.75, 3.05) is 13.2 Å². The van der Waals surface area contributed by atoms with Crippen molar-refractivity contribution in [2.24, 2.45) is 10.7 Å². The van der Waals surface area contributed by atoms with Gasteiger partial charge in [0.05, 0.1) is 31.4 Å². The molecule has 1 unspecified atom stereocenters. The zero-order valence-electron chi connectivity index (χ0n) is 12.6. The largest absolute Gasteiger partial charge is 0.386 e. The molecule has 1 amide bonds. The minimum absolute atomic E-state index is 0.0656. The standard InChI is InChI=1S/C12H23N4O5P/c1-8(9(2)16-12(13)15-7-17)4-14-10-3-11(20-5-10)6-21-22(18)19/h4,7,9-11,14,22H,3,5-6H2,1-2H3,(H,18,19)(H3,13,15,16,17)/b8-4-/t9-,10+,11+/m1/s1. The lowest BCUT2D eigenvalue weighted by Gasteiger charge is -2.12. The molecule has 0 aromatic heterocycles. The van der Waals surface area contributed by atoms with Crippen LogP contribution in [0.3, 0.4) is 0 Å². The maximum absolute atomic E-state index is 10.5. The summed E-state index contributed by atoms with van der Waals surface area (Å²) in [5, 5.41) is 5.49. The molecule has 1 saturated heterocycles. The average molecular weight is 334 g/mol. The number of aliphatic imine (C=N–C) groups is 1. The summed E-state index contributed by atoms with van der Waals surface area (Å²) in [6.07, 6.45) is 2.80. The molecule has 0 saturated carbocycles. The quantitative estimate of drug-likeness (QED) is 0.203. The van der Waals surface area contributed by atoms with E-state index in [4.69, 9.17) is 15.4 Å². The van der Waals surface area contributed by atoms with Crippen molar-refractivity contribution in [1.82, 2.24) is 10.6 Å². The predicted molar refractivity (Wildman–Crippen MR) is 82.5 cm³/mol. The molecule has 1 rings (SSSR count). The maximum atomic E-state index is 10.5. The first-order chi connectivity index (χ1) is 10.4. The van der Waals surface area contributed by atoms with Gasteiger partial charge in [-0.05, 0) is 32.0 Å². The van der Waals surface area contributed by atoms with Gasteiger partial charge in [-0.25, -0.2) is 4.99 Å². The highest BCUT2D eigenvalue weighted by atomic mass is 31.1. The second-order valence-electron chi connectivity index (χ2n) is 4.97. The van der Waals surface area contributed by atoms with Crippen LogP contribution in [0.5, 0.6) is 0 Å². The van der Waals surface area contributed by atoms with Crippen LogP contribution in [0.25, 0.3) is 0 Å². The van der Waals surface area contributed by atoms with Gasteiger partial charge in [-0.2, -0.15) is 0 Å². The number of amides is 1. The Morgan fingerprint density at radius 2 is 2.41 bits per heavy atom. The van der Waals surface area contributed by atoms with Crippen LogP contribution in [0.15, 0.2) is 16.8 Å². The van der Waals surface area contributed by atoms with E-state index in [-0.39, 0.29) is 30.8 Å². The second-order valence-corrected chi connectivity index (χ2v) is 5.79. The third-order valence-corrected chi connectivity index (χ3v) is 3.63. The summed E-state index contributed by atoms with van der Waals surface area (Å²) in [4.78, 5) is 23.0. The third-order valence-electron chi connectivity index (χ3n) is 3.22. The lowest BCUT2D eigenvalue weighted by atomic mass is 10.1. The van der Waals surface area contributed by atoms with E-state index in [9.17, 15) is 9.36 Å². The Balaban J connectivity index is 2.39. The Kier molecular flexibility index (Phi) is 8.11. The van der Waals surface area contributed by atoms with E-state index in [1.54, 1.807) is 0 Å². The van der Waals surface area contributed by atoms with Gasteiger partial charge in [0.25, 0.3) is 0 Å². The highest BCUT2D eigenvalue weighted by molar-refractivity contribution is 7.32. The zero-order valence-corrected chi connectivity index (χ0v) is 13.6. The fraction of sp³-hybridized carbons (Fsp3) is 0.667. The second kappa shape index (κ2) is 9.58. The van der Waals surface area contributed by atoms with Crippen LogP contribution in [0.1, 0.15) is 20.3 Å². The van der Waals surface area contributed by atoms with Crippen molar-refractivity contribution in [3.05, 3.63) is 11.8 Å². The highest BCUT2D eigenvalue weighted by Gasteiger charge is 2.25. The maximum Gasteiger partial charge on any atom is 0.316 e. The molecule has 9 nitrogen and oxygen atoms in total. The number of guanidine groups is 1. The summed E-state index contributed by atoms with van der Waals surface area (Å²) in [6.45, 7) is 4.36. The van der Waals surface area contributed by atoms with Crippen molar-refractivity contribution in [3.63, 3.8) is 0 Å². The van der Waals surface area contributed by atoms with Gasteiger partial charge in [0, 0.05) is 0 Å². The van der Waals surface area contributed by atoms with Gasteiger partial charge in [-0.3, -0.25) is 14.7 Å². The van der Waals surface area contributed by atoms with Crippen LogP contribution in [0.4, 0.5) is 0 Å². The number of hydrogen-bond donors (Lipinski definition) is 4. The molecular formula is C12H23N4O5P. The number of nitrogens with zero attached hydrogens (tertiary/aromatic N) is 1. The monoisotopic (exact) mass is 334 g/mol. The van der Waals surface area contributed by atoms with E-state index in [2.05, 4.69) is 20.1 Å². The van der Waals surface area contributed by atoms with E-state index >= 15 is 0 Å². The van der Waals surface area contributed by atoms with Crippen molar-refractivity contribution >= 4 is 20.6 Å². The fourth-order valence-corrected chi connectivity index (χ4v) is 2.21. The molecule has 1 aliphatic heterocycles. The molecule has 10 heteroatoms. The first kappa shape index (κ1) is 18.6. The summed E-state index contributed by atoms with van der Waals surface area (Å²) >= 11 is 0. The van der Waals surface area contributed by atoms with E-state index in [0.29, 0.717) is 19.4 Å². The smallest absolute Gasteiger partial charge is 0.316 e. The third kappa shape index (κ3) is 7.04. The van der Waals surface area contributed by atoms with Crippen LogP contribution < -0.4 is 16.4 Å². The van der Waals surface area contributed by atoms with Crippen LogP contribution in [-0.2, 0) is 18.6 Å². The van der Waals surface area contributed by atoms with E-state index in [1.807, 2.05) is 20.0 Å². The fourth-order valence-electron chi connectivity index (χ4n) is 1.88. The topological polar surface area (TPSA) is 135 Å². The van der Waals surface area contributed by atoms with Crippen LogP contribution in [-0.4, -0.2) is 48.7 Å². The molecule has 5 N–H and O–H groups in total. The lowest BCUT2D eigenvalue weighted by Crippen LogP contribution is -2.32. The summed E-state index contributed by atoms with van der Waals surface area (Å²) in [5.74, 6) is 0.0656. The molecule has 4 atom stereocenters. The number of carbonyl (C=O) groups excluding carboxylic acids is 1. The van der Waals surface area contributed by atoms with E-state index in [0.717, 1.165) is 5.57 Å². The minimum atomic E-state index is -2.91. The molecule has 1 heterocycles. The summed E-state index contributed by atoms with van der Waals surface area (Å²) in [6, 6.07) is -0.0763.